The predicted octanol–water partition coefficient (Wildman–Crippen LogP) is -0.727. The molecule has 8 heteroatoms. The fourth-order valence-electron chi connectivity index (χ4n) is 1.53. The highest BCUT2D eigenvalue weighted by molar-refractivity contribution is 4.92. The van der Waals surface area contributed by atoms with Crippen molar-refractivity contribution in [2.75, 3.05) is 13.2 Å². The molecule has 1 saturated heterocycles. The Labute approximate surface area is 98.3 Å². The van der Waals surface area contributed by atoms with Crippen LogP contribution in [0.3, 0.4) is 0 Å². The van der Waals surface area contributed by atoms with Crippen molar-refractivity contribution in [2.24, 2.45) is 10.8 Å². The summed E-state index contributed by atoms with van der Waals surface area (Å²) < 4.78 is 10.5. The van der Waals surface area contributed by atoms with Gasteiger partial charge in [0.15, 0.2) is 6.29 Å². The Bertz CT molecular complexity index is 307. The molecule has 0 aliphatic carbocycles. The van der Waals surface area contributed by atoms with Gasteiger partial charge in [-0.05, 0) is 5.53 Å². The Kier molecular flexibility index (Phi) is 5.36. The molecule has 1 fully saturated rings. The molecular weight excluding hydrogens is 228 g/mol. The largest absolute Gasteiger partial charge is 0.388 e. The lowest BCUT2D eigenvalue weighted by Crippen LogP contribution is -2.62. The summed E-state index contributed by atoms with van der Waals surface area (Å²) in [6.07, 6.45) is -2.60. The molecule has 0 aromatic heterocycles. The van der Waals surface area contributed by atoms with Crippen molar-refractivity contribution < 1.29 is 19.7 Å². The molecule has 1 aliphatic rings. The van der Waals surface area contributed by atoms with E-state index in [0.717, 1.165) is 0 Å². The number of aliphatic hydroxyl groups excluding tert-OH is 2. The highest BCUT2D eigenvalue weighted by atomic mass is 16.7. The SMILES string of the molecule is C=CCOC1O[C@@H](CN=[N+]=[N-])C(O)C(O)C1N. The summed E-state index contributed by atoms with van der Waals surface area (Å²) in [5.41, 5.74) is 13.8. The van der Waals surface area contributed by atoms with Crippen LogP contribution in [0.15, 0.2) is 17.8 Å². The van der Waals surface area contributed by atoms with Crippen LogP contribution in [0.25, 0.3) is 10.4 Å². The highest BCUT2D eigenvalue weighted by Gasteiger charge is 2.42. The number of azide groups is 1. The van der Waals surface area contributed by atoms with Crippen LogP contribution in [-0.4, -0.2) is 54.0 Å². The van der Waals surface area contributed by atoms with Crippen molar-refractivity contribution in [2.45, 2.75) is 30.6 Å². The summed E-state index contributed by atoms with van der Waals surface area (Å²) in [5, 5.41) is 22.6. The van der Waals surface area contributed by atoms with Crippen molar-refractivity contribution in [3.8, 4) is 0 Å². The summed E-state index contributed by atoms with van der Waals surface area (Å²) in [4.78, 5) is 2.56. The van der Waals surface area contributed by atoms with Crippen LogP contribution in [0, 0.1) is 0 Å². The first-order valence-electron chi connectivity index (χ1n) is 5.12. The summed E-state index contributed by atoms with van der Waals surface area (Å²) >= 11 is 0. The molecule has 17 heavy (non-hydrogen) atoms. The Morgan fingerprint density at radius 1 is 1.53 bits per heavy atom. The molecule has 4 N–H and O–H groups in total. The Morgan fingerprint density at radius 2 is 2.24 bits per heavy atom. The van der Waals surface area contributed by atoms with E-state index >= 15 is 0 Å². The fraction of sp³-hybridized carbons (Fsp3) is 0.778. The molecule has 0 saturated carbocycles. The van der Waals surface area contributed by atoms with Crippen molar-refractivity contribution in [1.82, 2.24) is 0 Å². The van der Waals surface area contributed by atoms with Gasteiger partial charge in [-0.1, -0.05) is 11.2 Å². The number of rotatable bonds is 5. The molecule has 0 bridgehead atoms. The molecule has 1 aliphatic heterocycles. The third-order valence-corrected chi connectivity index (χ3v) is 2.45. The zero-order chi connectivity index (χ0) is 12.8. The van der Waals surface area contributed by atoms with Crippen molar-refractivity contribution in [1.29, 1.82) is 0 Å². The lowest BCUT2D eigenvalue weighted by molar-refractivity contribution is -0.253. The molecule has 5 atom stereocenters. The third-order valence-electron chi connectivity index (χ3n) is 2.45. The van der Waals surface area contributed by atoms with Gasteiger partial charge in [-0.2, -0.15) is 0 Å². The normalized spacial score (nSPS) is 37.2. The van der Waals surface area contributed by atoms with Gasteiger partial charge in [0.25, 0.3) is 0 Å². The summed E-state index contributed by atoms with van der Waals surface area (Å²) in [5.74, 6) is 0. The average molecular weight is 244 g/mol. The first kappa shape index (κ1) is 13.9. The summed E-state index contributed by atoms with van der Waals surface area (Å²) in [7, 11) is 0. The van der Waals surface area contributed by atoms with Gasteiger partial charge in [-0.3, -0.25) is 0 Å². The second-order valence-corrected chi connectivity index (χ2v) is 3.64. The fourth-order valence-corrected chi connectivity index (χ4v) is 1.53. The lowest BCUT2D eigenvalue weighted by Gasteiger charge is -2.40. The smallest absolute Gasteiger partial charge is 0.176 e. The van der Waals surface area contributed by atoms with E-state index < -0.39 is 30.6 Å². The summed E-state index contributed by atoms with van der Waals surface area (Å²) in [6.45, 7) is 3.57. The second-order valence-electron chi connectivity index (χ2n) is 3.64. The van der Waals surface area contributed by atoms with Gasteiger partial charge >= 0.3 is 0 Å². The van der Waals surface area contributed by atoms with E-state index in [1.54, 1.807) is 0 Å². The minimum absolute atomic E-state index is 0.102. The van der Waals surface area contributed by atoms with Gasteiger partial charge in [-0.15, -0.1) is 6.58 Å². The standard InChI is InChI=1S/C9H16N4O4/c1-2-3-16-9-6(10)8(15)7(14)5(17-9)4-12-13-11/h2,5-9,14-15H,1,3-4,10H2/t5-,6?,7?,8?,9?/m0/s1. The number of nitrogens with zero attached hydrogens (tertiary/aromatic N) is 3. The van der Waals surface area contributed by atoms with Crippen molar-refractivity contribution >= 4 is 0 Å². The number of hydrogen-bond acceptors (Lipinski definition) is 6. The third kappa shape index (κ3) is 3.40. The van der Waals surface area contributed by atoms with E-state index in [-0.39, 0.29) is 13.2 Å². The van der Waals surface area contributed by atoms with Gasteiger partial charge in [0.2, 0.25) is 0 Å². The maximum Gasteiger partial charge on any atom is 0.176 e. The average Bonchev–Trinajstić information content (AvgIpc) is 2.34. The maximum atomic E-state index is 9.69. The Morgan fingerprint density at radius 3 is 2.82 bits per heavy atom. The van der Waals surface area contributed by atoms with Crippen LogP contribution in [0.5, 0.6) is 0 Å². The highest BCUT2D eigenvalue weighted by Crippen LogP contribution is 2.21. The number of nitrogens with two attached hydrogens (primary N) is 1. The van der Waals surface area contributed by atoms with Gasteiger partial charge < -0.3 is 25.4 Å². The van der Waals surface area contributed by atoms with Gasteiger partial charge in [0, 0.05) is 4.91 Å². The van der Waals surface area contributed by atoms with E-state index in [1.807, 2.05) is 0 Å². The van der Waals surface area contributed by atoms with Crippen LogP contribution < -0.4 is 5.73 Å². The molecule has 0 aromatic carbocycles. The van der Waals surface area contributed by atoms with Gasteiger partial charge in [0.1, 0.15) is 12.2 Å². The van der Waals surface area contributed by atoms with Crippen LogP contribution >= 0.6 is 0 Å². The molecule has 1 heterocycles. The molecule has 0 spiro atoms. The predicted molar refractivity (Wildman–Crippen MR) is 58.8 cm³/mol. The van der Waals surface area contributed by atoms with E-state index in [1.165, 1.54) is 6.08 Å². The topological polar surface area (TPSA) is 134 Å². The molecule has 0 amide bonds. The zero-order valence-corrected chi connectivity index (χ0v) is 9.22. The zero-order valence-electron chi connectivity index (χ0n) is 9.22. The van der Waals surface area contributed by atoms with Crippen molar-refractivity contribution in [3.05, 3.63) is 23.1 Å². The second kappa shape index (κ2) is 6.55. The monoisotopic (exact) mass is 244 g/mol. The van der Waals surface area contributed by atoms with Crippen LogP contribution in [-0.2, 0) is 9.47 Å². The quantitative estimate of drug-likeness (QED) is 0.254. The molecule has 1 rings (SSSR count). The van der Waals surface area contributed by atoms with E-state index in [2.05, 4.69) is 16.6 Å². The molecular formula is C9H16N4O4. The maximum absolute atomic E-state index is 9.69. The molecule has 0 radical (unpaired) electrons. The molecule has 0 aromatic rings. The molecule has 4 unspecified atom stereocenters. The molecule has 8 nitrogen and oxygen atoms in total. The summed E-state index contributed by atoms with van der Waals surface area (Å²) in [6, 6.07) is -0.868. The number of aliphatic hydroxyl groups is 2. The van der Waals surface area contributed by atoms with Crippen LogP contribution in [0.1, 0.15) is 0 Å². The first-order chi connectivity index (χ1) is 8.11. The first-order valence-corrected chi connectivity index (χ1v) is 5.12. The van der Waals surface area contributed by atoms with Crippen LogP contribution in [0.2, 0.25) is 0 Å². The Hall–Kier alpha value is -1.15. The lowest BCUT2D eigenvalue weighted by atomic mass is 9.97. The van der Waals surface area contributed by atoms with Gasteiger partial charge in [-0.25, -0.2) is 0 Å². The number of hydrogen-bond donors (Lipinski definition) is 3. The van der Waals surface area contributed by atoms with E-state index in [0.29, 0.717) is 0 Å². The minimum Gasteiger partial charge on any atom is -0.388 e. The van der Waals surface area contributed by atoms with Crippen LogP contribution in [0.4, 0.5) is 0 Å². The van der Waals surface area contributed by atoms with E-state index in [9.17, 15) is 10.2 Å². The minimum atomic E-state index is -1.21. The Balaban J connectivity index is 2.67. The van der Waals surface area contributed by atoms with Crippen molar-refractivity contribution in [3.63, 3.8) is 0 Å². The molecule has 96 valence electrons. The number of ether oxygens (including phenoxy) is 2. The van der Waals surface area contributed by atoms with Gasteiger partial charge in [0.05, 0.1) is 25.3 Å². The van der Waals surface area contributed by atoms with E-state index in [4.69, 9.17) is 20.7 Å².